The second-order valence-corrected chi connectivity index (χ2v) is 7.13. The molecule has 0 unspecified atom stereocenters. The van der Waals surface area contributed by atoms with Crippen molar-refractivity contribution in [3.63, 3.8) is 0 Å². The van der Waals surface area contributed by atoms with Crippen molar-refractivity contribution < 1.29 is 5.11 Å². The summed E-state index contributed by atoms with van der Waals surface area (Å²) in [4.78, 5) is 5.29. The number of thiophene rings is 1. The van der Waals surface area contributed by atoms with Gasteiger partial charge in [-0.25, -0.2) is 0 Å². The first-order valence-electron chi connectivity index (χ1n) is 6.45. The van der Waals surface area contributed by atoms with Crippen LogP contribution in [0, 0.1) is 0 Å². The Morgan fingerprint density at radius 2 is 2.18 bits per heavy atom. The molecule has 1 fully saturated rings. The lowest BCUT2D eigenvalue weighted by molar-refractivity contribution is 0.154. The predicted molar refractivity (Wildman–Crippen MR) is 73.5 cm³/mol. The smallest absolute Gasteiger partial charge is 0.0587 e. The van der Waals surface area contributed by atoms with Gasteiger partial charge in [-0.3, -0.25) is 4.90 Å². The summed E-state index contributed by atoms with van der Waals surface area (Å²) >= 11 is 1.92. The quantitative estimate of drug-likeness (QED) is 0.895. The number of likely N-dealkylation sites (tertiary alicyclic amines) is 1. The Labute approximate surface area is 108 Å². The molecular formula is C14H23NOS. The SMILES string of the molecule is CC(C)(C)c1ccc(CN2CCC[C@H]2CO)s1. The molecule has 2 heterocycles. The van der Waals surface area contributed by atoms with Gasteiger partial charge in [-0.2, -0.15) is 0 Å². The summed E-state index contributed by atoms with van der Waals surface area (Å²) in [6, 6.07) is 4.89. The van der Waals surface area contributed by atoms with Crippen molar-refractivity contribution in [2.24, 2.45) is 0 Å². The summed E-state index contributed by atoms with van der Waals surface area (Å²) in [5.74, 6) is 0. The third-order valence-electron chi connectivity index (χ3n) is 3.47. The van der Waals surface area contributed by atoms with Gasteiger partial charge in [0.25, 0.3) is 0 Å². The van der Waals surface area contributed by atoms with Gasteiger partial charge in [-0.15, -0.1) is 11.3 Å². The van der Waals surface area contributed by atoms with Crippen molar-refractivity contribution in [3.05, 3.63) is 21.9 Å². The Bertz CT molecular complexity index is 367. The lowest BCUT2D eigenvalue weighted by Gasteiger charge is -2.21. The summed E-state index contributed by atoms with van der Waals surface area (Å²) in [5.41, 5.74) is 0.254. The van der Waals surface area contributed by atoms with Crippen LogP contribution in [0.15, 0.2) is 12.1 Å². The second kappa shape index (κ2) is 5.09. The zero-order valence-electron chi connectivity index (χ0n) is 11.1. The first-order chi connectivity index (χ1) is 8.00. The molecule has 1 atom stereocenters. The van der Waals surface area contributed by atoms with Gasteiger partial charge >= 0.3 is 0 Å². The van der Waals surface area contributed by atoms with Crippen molar-refractivity contribution in [3.8, 4) is 0 Å². The molecule has 1 aliphatic rings. The molecular weight excluding hydrogens is 230 g/mol. The highest BCUT2D eigenvalue weighted by Gasteiger charge is 2.24. The zero-order chi connectivity index (χ0) is 12.5. The van der Waals surface area contributed by atoms with Crippen LogP contribution >= 0.6 is 11.3 Å². The standard InChI is InChI=1S/C14H23NOS/c1-14(2,3)13-7-6-12(17-13)9-15-8-4-5-11(15)10-16/h6-7,11,16H,4-5,8-10H2,1-3H3/t11-/m0/s1. The average Bonchev–Trinajstić information content (AvgIpc) is 2.86. The van der Waals surface area contributed by atoms with Gasteiger partial charge in [0.1, 0.15) is 0 Å². The Morgan fingerprint density at radius 3 is 2.76 bits per heavy atom. The highest BCUT2D eigenvalue weighted by atomic mass is 32.1. The van der Waals surface area contributed by atoms with Gasteiger partial charge < -0.3 is 5.11 Å². The molecule has 2 nitrogen and oxygen atoms in total. The van der Waals surface area contributed by atoms with Gasteiger partial charge in [0.2, 0.25) is 0 Å². The highest BCUT2D eigenvalue weighted by Crippen LogP contribution is 2.31. The summed E-state index contributed by atoms with van der Waals surface area (Å²) in [6.45, 7) is 9.22. The van der Waals surface area contributed by atoms with Crippen LogP contribution in [0.3, 0.4) is 0 Å². The van der Waals surface area contributed by atoms with Gasteiger partial charge in [-0.05, 0) is 36.9 Å². The van der Waals surface area contributed by atoms with Crippen LogP contribution in [0.4, 0.5) is 0 Å². The fourth-order valence-electron chi connectivity index (χ4n) is 2.38. The fourth-order valence-corrected chi connectivity index (χ4v) is 3.47. The number of aliphatic hydroxyl groups excluding tert-OH is 1. The van der Waals surface area contributed by atoms with E-state index >= 15 is 0 Å². The molecule has 0 amide bonds. The van der Waals surface area contributed by atoms with Crippen LogP contribution in [0.25, 0.3) is 0 Å². The number of hydrogen-bond acceptors (Lipinski definition) is 3. The maximum absolute atomic E-state index is 9.31. The minimum absolute atomic E-state index is 0.254. The molecule has 0 spiro atoms. The van der Waals surface area contributed by atoms with Crippen molar-refractivity contribution in [2.45, 2.75) is 51.6 Å². The molecule has 0 aromatic carbocycles. The Morgan fingerprint density at radius 1 is 1.41 bits per heavy atom. The normalized spacial score (nSPS) is 22.2. The van der Waals surface area contributed by atoms with E-state index in [0.29, 0.717) is 12.6 Å². The minimum atomic E-state index is 0.254. The lowest BCUT2D eigenvalue weighted by atomic mass is 9.95. The van der Waals surface area contributed by atoms with Crippen LogP contribution < -0.4 is 0 Å². The minimum Gasteiger partial charge on any atom is -0.395 e. The third-order valence-corrected chi connectivity index (χ3v) is 4.97. The van der Waals surface area contributed by atoms with E-state index in [4.69, 9.17) is 0 Å². The number of rotatable bonds is 3. The van der Waals surface area contributed by atoms with Crippen LogP contribution in [0.5, 0.6) is 0 Å². The molecule has 0 aliphatic carbocycles. The van der Waals surface area contributed by atoms with Crippen LogP contribution in [-0.4, -0.2) is 29.2 Å². The molecule has 1 N–H and O–H groups in total. The molecule has 1 aliphatic heterocycles. The van der Waals surface area contributed by atoms with Crippen LogP contribution in [0.2, 0.25) is 0 Å². The summed E-state index contributed by atoms with van der Waals surface area (Å²) in [6.07, 6.45) is 2.37. The first kappa shape index (κ1) is 13.1. The van der Waals surface area contributed by atoms with Crippen LogP contribution in [-0.2, 0) is 12.0 Å². The number of nitrogens with zero attached hydrogens (tertiary/aromatic N) is 1. The van der Waals surface area contributed by atoms with E-state index in [0.717, 1.165) is 19.5 Å². The van der Waals surface area contributed by atoms with Crippen molar-refractivity contribution in [1.29, 1.82) is 0 Å². The van der Waals surface area contributed by atoms with Crippen molar-refractivity contribution >= 4 is 11.3 Å². The van der Waals surface area contributed by atoms with Gasteiger partial charge in [0.05, 0.1) is 6.61 Å². The summed E-state index contributed by atoms with van der Waals surface area (Å²) in [7, 11) is 0. The summed E-state index contributed by atoms with van der Waals surface area (Å²) in [5, 5.41) is 9.31. The molecule has 2 rings (SSSR count). The van der Waals surface area contributed by atoms with Crippen molar-refractivity contribution in [1.82, 2.24) is 4.90 Å². The van der Waals surface area contributed by atoms with E-state index in [2.05, 4.69) is 37.8 Å². The number of hydrogen-bond donors (Lipinski definition) is 1. The molecule has 17 heavy (non-hydrogen) atoms. The predicted octanol–water partition coefficient (Wildman–Crippen LogP) is 3.00. The van der Waals surface area contributed by atoms with E-state index < -0.39 is 0 Å². The van der Waals surface area contributed by atoms with E-state index in [-0.39, 0.29) is 5.41 Å². The topological polar surface area (TPSA) is 23.5 Å². The maximum Gasteiger partial charge on any atom is 0.0587 e. The van der Waals surface area contributed by atoms with Gasteiger partial charge in [0, 0.05) is 22.3 Å². The molecule has 1 aromatic rings. The molecule has 96 valence electrons. The zero-order valence-corrected chi connectivity index (χ0v) is 11.9. The molecule has 0 bridgehead atoms. The Hall–Kier alpha value is -0.380. The largest absolute Gasteiger partial charge is 0.395 e. The van der Waals surface area contributed by atoms with E-state index in [1.165, 1.54) is 16.2 Å². The van der Waals surface area contributed by atoms with Crippen LogP contribution in [0.1, 0.15) is 43.4 Å². The first-order valence-corrected chi connectivity index (χ1v) is 7.26. The Balaban J connectivity index is 2.02. The molecule has 1 aromatic heterocycles. The fraction of sp³-hybridized carbons (Fsp3) is 0.714. The average molecular weight is 253 g/mol. The second-order valence-electron chi connectivity index (χ2n) is 5.97. The van der Waals surface area contributed by atoms with E-state index in [9.17, 15) is 5.11 Å². The van der Waals surface area contributed by atoms with Crippen molar-refractivity contribution in [2.75, 3.05) is 13.2 Å². The van der Waals surface area contributed by atoms with Gasteiger partial charge in [-0.1, -0.05) is 20.8 Å². The molecule has 3 heteroatoms. The van der Waals surface area contributed by atoms with E-state index in [1.54, 1.807) is 0 Å². The Kier molecular flexibility index (Phi) is 3.91. The lowest BCUT2D eigenvalue weighted by Crippen LogP contribution is -2.31. The molecule has 0 saturated carbocycles. The molecule has 1 saturated heterocycles. The number of aliphatic hydroxyl groups is 1. The maximum atomic E-state index is 9.31. The third kappa shape index (κ3) is 3.09. The van der Waals surface area contributed by atoms with Gasteiger partial charge in [0.15, 0.2) is 0 Å². The monoisotopic (exact) mass is 253 g/mol. The molecule has 0 radical (unpaired) electrons. The summed E-state index contributed by atoms with van der Waals surface area (Å²) < 4.78 is 0. The highest BCUT2D eigenvalue weighted by molar-refractivity contribution is 7.12. The van der Waals surface area contributed by atoms with E-state index in [1.807, 2.05) is 11.3 Å².